The van der Waals surface area contributed by atoms with Crippen molar-refractivity contribution in [1.29, 1.82) is 0 Å². The third-order valence-corrected chi connectivity index (χ3v) is 1.96. The predicted octanol–water partition coefficient (Wildman–Crippen LogP) is 2.80. The Morgan fingerprint density at radius 3 is 2.59 bits per heavy atom. The van der Waals surface area contributed by atoms with Gasteiger partial charge in [-0.15, -0.1) is 0 Å². The fourth-order valence-electron chi connectivity index (χ4n) is 1.17. The fourth-order valence-corrected chi connectivity index (χ4v) is 1.17. The predicted molar refractivity (Wildman–Crippen MR) is 59.3 cm³/mol. The van der Waals surface area contributed by atoms with E-state index in [4.69, 9.17) is 5.73 Å². The summed E-state index contributed by atoms with van der Waals surface area (Å²) in [6, 6.07) is 2.77. The average Bonchev–Trinajstić information content (AvgIpc) is 2.20. The Morgan fingerprint density at radius 1 is 1.41 bits per heavy atom. The highest BCUT2D eigenvalue weighted by molar-refractivity contribution is 6.01. The first-order chi connectivity index (χ1) is 7.84. The highest BCUT2D eigenvalue weighted by Crippen LogP contribution is 2.32. The summed E-state index contributed by atoms with van der Waals surface area (Å²) in [5.74, 6) is -0.529. The quantitative estimate of drug-likeness (QED) is 0.620. The summed E-state index contributed by atoms with van der Waals surface area (Å²) >= 11 is 0. The molecule has 0 saturated carbocycles. The first kappa shape index (κ1) is 13.1. The van der Waals surface area contributed by atoms with E-state index in [2.05, 4.69) is 5.32 Å². The van der Waals surface area contributed by atoms with Crippen molar-refractivity contribution in [1.82, 2.24) is 0 Å². The van der Waals surface area contributed by atoms with Gasteiger partial charge in [-0.25, -0.2) is 0 Å². The van der Waals surface area contributed by atoms with Crippen molar-refractivity contribution < 1.29 is 18.0 Å². The van der Waals surface area contributed by atoms with Crippen LogP contribution in [0.1, 0.15) is 12.5 Å². The molecule has 1 aromatic carbocycles. The molecule has 0 aliphatic carbocycles. The van der Waals surface area contributed by atoms with E-state index >= 15 is 0 Å². The molecule has 6 heteroatoms. The summed E-state index contributed by atoms with van der Waals surface area (Å²) in [6.45, 7) is 1.62. The van der Waals surface area contributed by atoms with Crippen LogP contribution in [0.2, 0.25) is 0 Å². The SMILES string of the molecule is C/C=C/C(=O)Nc1cc(C(F)(F)F)ccc1N. The Morgan fingerprint density at radius 2 is 2.06 bits per heavy atom. The number of benzene rings is 1. The number of alkyl halides is 3. The van der Waals surface area contributed by atoms with E-state index in [9.17, 15) is 18.0 Å². The van der Waals surface area contributed by atoms with Gasteiger partial charge in [-0.3, -0.25) is 4.79 Å². The lowest BCUT2D eigenvalue weighted by Gasteiger charge is -2.11. The van der Waals surface area contributed by atoms with Crippen LogP contribution in [0.5, 0.6) is 0 Å². The van der Waals surface area contributed by atoms with Gasteiger partial charge in [0.1, 0.15) is 0 Å². The number of nitrogens with two attached hydrogens (primary N) is 1. The molecule has 0 aliphatic heterocycles. The highest BCUT2D eigenvalue weighted by atomic mass is 19.4. The Labute approximate surface area is 96.1 Å². The van der Waals surface area contributed by atoms with Gasteiger partial charge in [-0.05, 0) is 31.2 Å². The first-order valence-corrected chi connectivity index (χ1v) is 4.75. The lowest BCUT2D eigenvalue weighted by molar-refractivity contribution is -0.137. The molecule has 0 fully saturated rings. The molecule has 0 aromatic heterocycles. The van der Waals surface area contributed by atoms with Crippen LogP contribution >= 0.6 is 0 Å². The van der Waals surface area contributed by atoms with Crippen molar-refractivity contribution in [3.05, 3.63) is 35.9 Å². The maximum Gasteiger partial charge on any atom is 0.416 e. The van der Waals surface area contributed by atoms with Crippen LogP contribution in [0.15, 0.2) is 30.4 Å². The summed E-state index contributed by atoms with van der Waals surface area (Å²) in [6.07, 6.45) is -1.80. The maximum atomic E-state index is 12.4. The molecule has 0 heterocycles. The maximum absolute atomic E-state index is 12.4. The monoisotopic (exact) mass is 244 g/mol. The van der Waals surface area contributed by atoms with Crippen molar-refractivity contribution in [3.63, 3.8) is 0 Å². The molecule has 0 radical (unpaired) electrons. The Bertz CT molecular complexity index is 453. The van der Waals surface area contributed by atoms with Gasteiger partial charge in [0, 0.05) is 0 Å². The minimum Gasteiger partial charge on any atom is -0.397 e. The first-order valence-electron chi connectivity index (χ1n) is 4.75. The van der Waals surface area contributed by atoms with Gasteiger partial charge in [-0.2, -0.15) is 13.2 Å². The van der Waals surface area contributed by atoms with E-state index in [0.717, 1.165) is 18.2 Å². The van der Waals surface area contributed by atoms with Crippen molar-refractivity contribution in [2.24, 2.45) is 0 Å². The molecule has 1 aromatic rings. The van der Waals surface area contributed by atoms with Crippen LogP contribution < -0.4 is 11.1 Å². The largest absolute Gasteiger partial charge is 0.416 e. The Balaban J connectivity index is 3.03. The number of carbonyl (C=O) groups excluding carboxylic acids is 1. The van der Waals surface area contributed by atoms with Gasteiger partial charge in [0.2, 0.25) is 5.91 Å². The third-order valence-electron chi connectivity index (χ3n) is 1.96. The van der Waals surface area contributed by atoms with Gasteiger partial charge in [0.05, 0.1) is 16.9 Å². The molecule has 1 amide bonds. The number of nitrogens with one attached hydrogen (secondary N) is 1. The number of halogens is 3. The van der Waals surface area contributed by atoms with E-state index in [0.29, 0.717) is 0 Å². The number of allylic oxidation sites excluding steroid dienone is 1. The Hall–Kier alpha value is -1.98. The van der Waals surface area contributed by atoms with Crippen molar-refractivity contribution >= 4 is 17.3 Å². The average molecular weight is 244 g/mol. The smallest absolute Gasteiger partial charge is 0.397 e. The highest BCUT2D eigenvalue weighted by Gasteiger charge is 2.30. The van der Waals surface area contributed by atoms with Crippen LogP contribution in [-0.2, 0) is 11.0 Å². The summed E-state index contributed by atoms with van der Waals surface area (Å²) in [4.78, 5) is 11.2. The van der Waals surface area contributed by atoms with Crippen molar-refractivity contribution in [3.8, 4) is 0 Å². The molecule has 0 atom stereocenters. The normalized spacial score (nSPS) is 11.8. The molecule has 17 heavy (non-hydrogen) atoms. The number of rotatable bonds is 2. The summed E-state index contributed by atoms with van der Waals surface area (Å²) in [5, 5.41) is 2.27. The van der Waals surface area contributed by atoms with Crippen LogP contribution in [0.4, 0.5) is 24.5 Å². The van der Waals surface area contributed by atoms with E-state index in [1.54, 1.807) is 6.92 Å². The number of carbonyl (C=O) groups is 1. The molecule has 0 saturated heterocycles. The second-order valence-electron chi connectivity index (χ2n) is 3.29. The minimum absolute atomic E-state index is 0.0528. The van der Waals surface area contributed by atoms with Crippen LogP contribution in [0.3, 0.4) is 0 Å². The van der Waals surface area contributed by atoms with Gasteiger partial charge < -0.3 is 11.1 Å². The summed E-state index contributed by atoms with van der Waals surface area (Å²) in [7, 11) is 0. The standard InChI is InChI=1S/C11H11F3N2O/c1-2-3-10(17)16-9-6-7(11(12,13)14)4-5-8(9)15/h2-6H,15H2,1H3,(H,16,17)/b3-2+. The zero-order chi connectivity index (χ0) is 13.1. The number of anilines is 2. The Kier molecular flexibility index (Phi) is 3.77. The second kappa shape index (κ2) is 4.90. The summed E-state index contributed by atoms with van der Waals surface area (Å²) < 4.78 is 37.3. The topological polar surface area (TPSA) is 55.1 Å². The zero-order valence-electron chi connectivity index (χ0n) is 9.01. The van der Waals surface area contributed by atoms with E-state index in [1.165, 1.54) is 12.2 Å². The number of hydrogen-bond donors (Lipinski definition) is 2. The van der Waals surface area contributed by atoms with Crippen molar-refractivity contribution in [2.75, 3.05) is 11.1 Å². The number of nitrogen functional groups attached to an aromatic ring is 1. The molecule has 1 rings (SSSR count). The van der Waals surface area contributed by atoms with Crippen LogP contribution in [0, 0.1) is 0 Å². The van der Waals surface area contributed by atoms with E-state index in [1.807, 2.05) is 0 Å². The fraction of sp³-hybridized carbons (Fsp3) is 0.182. The zero-order valence-corrected chi connectivity index (χ0v) is 9.01. The van der Waals surface area contributed by atoms with Crippen LogP contribution in [0.25, 0.3) is 0 Å². The minimum atomic E-state index is -4.46. The molecule has 92 valence electrons. The third kappa shape index (κ3) is 3.51. The molecule has 0 unspecified atom stereocenters. The molecule has 0 spiro atoms. The van der Waals surface area contributed by atoms with Gasteiger partial charge >= 0.3 is 6.18 Å². The van der Waals surface area contributed by atoms with Crippen molar-refractivity contribution in [2.45, 2.75) is 13.1 Å². The molecule has 3 nitrogen and oxygen atoms in total. The second-order valence-corrected chi connectivity index (χ2v) is 3.29. The van der Waals surface area contributed by atoms with E-state index in [-0.39, 0.29) is 11.4 Å². The van der Waals surface area contributed by atoms with Crippen LogP contribution in [-0.4, -0.2) is 5.91 Å². The van der Waals surface area contributed by atoms with Gasteiger partial charge in [0.25, 0.3) is 0 Å². The van der Waals surface area contributed by atoms with Gasteiger partial charge in [-0.1, -0.05) is 6.08 Å². The molecule has 3 N–H and O–H groups in total. The molecular weight excluding hydrogens is 233 g/mol. The molecular formula is C11H11F3N2O. The molecule has 0 bridgehead atoms. The molecule has 0 aliphatic rings. The number of amides is 1. The lowest BCUT2D eigenvalue weighted by Crippen LogP contribution is -2.12. The van der Waals surface area contributed by atoms with Gasteiger partial charge in [0.15, 0.2) is 0 Å². The van der Waals surface area contributed by atoms with E-state index < -0.39 is 17.6 Å². The summed E-state index contributed by atoms with van der Waals surface area (Å²) in [5.41, 5.74) is 4.64. The number of hydrogen-bond acceptors (Lipinski definition) is 2. The lowest BCUT2D eigenvalue weighted by atomic mass is 10.1.